The third-order valence-corrected chi connectivity index (χ3v) is 4.31. The Labute approximate surface area is 108 Å². The summed E-state index contributed by atoms with van der Waals surface area (Å²) in [7, 11) is 0. The summed E-state index contributed by atoms with van der Waals surface area (Å²) in [6.45, 7) is 9.02. The number of rotatable bonds is 6. The Hall–Kier alpha value is -0.450. The molecule has 96 valence electrons. The Bertz CT molecular complexity index is 331. The number of thiazole rings is 1. The molecule has 1 aliphatic heterocycles. The minimum atomic E-state index is 0.703. The zero-order valence-corrected chi connectivity index (χ0v) is 11.7. The van der Waals surface area contributed by atoms with Gasteiger partial charge >= 0.3 is 0 Å². The Morgan fingerprint density at radius 1 is 1.59 bits per heavy atom. The van der Waals surface area contributed by atoms with Crippen LogP contribution in [0.15, 0.2) is 5.51 Å². The second-order valence-electron chi connectivity index (χ2n) is 4.89. The third-order valence-electron chi connectivity index (χ3n) is 3.39. The fraction of sp³-hybridized carbons (Fsp3) is 0.769. The summed E-state index contributed by atoms with van der Waals surface area (Å²) >= 11 is 1.79. The molecular weight excluding hydrogens is 230 g/mol. The highest BCUT2D eigenvalue weighted by molar-refractivity contribution is 7.09. The standard InChI is InChI=1S/C13H23N3S/c1-3-7-16(8-12-5-4-6-14-12)9-13-11(2)15-10-17-13/h10,12,14H,3-9H2,1-2H3. The van der Waals surface area contributed by atoms with Crippen LogP contribution in [0.1, 0.15) is 36.8 Å². The lowest BCUT2D eigenvalue weighted by Crippen LogP contribution is -2.37. The van der Waals surface area contributed by atoms with Gasteiger partial charge in [0.25, 0.3) is 0 Å². The monoisotopic (exact) mass is 253 g/mol. The Morgan fingerprint density at radius 3 is 3.06 bits per heavy atom. The molecule has 0 bridgehead atoms. The first-order chi connectivity index (χ1) is 8.29. The molecule has 2 rings (SSSR count). The van der Waals surface area contributed by atoms with Gasteiger partial charge in [0.15, 0.2) is 0 Å². The Morgan fingerprint density at radius 2 is 2.47 bits per heavy atom. The summed E-state index contributed by atoms with van der Waals surface area (Å²) in [6, 6.07) is 0.703. The van der Waals surface area contributed by atoms with Gasteiger partial charge in [0, 0.05) is 24.0 Å². The lowest BCUT2D eigenvalue weighted by molar-refractivity contribution is 0.243. The molecule has 0 amide bonds. The fourth-order valence-electron chi connectivity index (χ4n) is 2.46. The highest BCUT2D eigenvalue weighted by Gasteiger charge is 2.18. The van der Waals surface area contributed by atoms with E-state index in [0.29, 0.717) is 6.04 Å². The summed E-state index contributed by atoms with van der Waals surface area (Å²) in [5, 5.41) is 3.59. The molecule has 1 aromatic heterocycles. The van der Waals surface area contributed by atoms with Crippen LogP contribution in [0.5, 0.6) is 0 Å². The minimum Gasteiger partial charge on any atom is -0.313 e. The molecular formula is C13H23N3S. The molecule has 17 heavy (non-hydrogen) atoms. The van der Waals surface area contributed by atoms with Crippen LogP contribution in [0.3, 0.4) is 0 Å². The third kappa shape index (κ3) is 3.76. The van der Waals surface area contributed by atoms with Gasteiger partial charge in [0.2, 0.25) is 0 Å². The number of aromatic nitrogens is 1. The average Bonchev–Trinajstić information content (AvgIpc) is 2.92. The van der Waals surface area contributed by atoms with Crippen LogP contribution in [-0.2, 0) is 6.54 Å². The van der Waals surface area contributed by atoms with Crippen LogP contribution in [0.4, 0.5) is 0 Å². The van der Waals surface area contributed by atoms with Crippen molar-refractivity contribution >= 4 is 11.3 Å². The van der Waals surface area contributed by atoms with Crippen molar-refractivity contribution in [2.45, 2.75) is 45.7 Å². The quantitative estimate of drug-likeness (QED) is 0.844. The molecule has 1 saturated heterocycles. The van der Waals surface area contributed by atoms with Crippen molar-refractivity contribution in [3.05, 3.63) is 16.1 Å². The molecule has 0 aromatic carbocycles. The Balaban J connectivity index is 1.89. The summed E-state index contributed by atoms with van der Waals surface area (Å²) in [6.07, 6.45) is 3.90. The van der Waals surface area contributed by atoms with Gasteiger partial charge in [0.05, 0.1) is 11.2 Å². The second kappa shape index (κ2) is 6.47. The van der Waals surface area contributed by atoms with Crippen molar-refractivity contribution in [3.63, 3.8) is 0 Å². The van der Waals surface area contributed by atoms with Gasteiger partial charge in [-0.1, -0.05) is 6.92 Å². The summed E-state index contributed by atoms with van der Waals surface area (Å²) in [5.41, 5.74) is 3.17. The van der Waals surface area contributed by atoms with E-state index in [9.17, 15) is 0 Å². The van der Waals surface area contributed by atoms with E-state index in [4.69, 9.17) is 0 Å². The average molecular weight is 253 g/mol. The molecule has 2 heterocycles. The molecule has 0 spiro atoms. The van der Waals surface area contributed by atoms with Crippen molar-refractivity contribution in [1.29, 1.82) is 0 Å². The number of hydrogen-bond acceptors (Lipinski definition) is 4. The molecule has 1 aliphatic rings. The van der Waals surface area contributed by atoms with Crippen molar-refractivity contribution in [2.24, 2.45) is 0 Å². The van der Waals surface area contributed by atoms with Crippen LogP contribution >= 0.6 is 11.3 Å². The van der Waals surface area contributed by atoms with Crippen LogP contribution in [0, 0.1) is 6.92 Å². The first-order valence-corrected chi connectivity index (χ1v) is 7.52. The zero-order chi connectivity index (χ0) is 12.1. The number of nitrogens with one attached hydrogen (secondary N) is 1. The second-order valence-corrected chi connectivity index (χ2v) is 5.83. The van der Waals surface area contributed by atoms with Gasteiger partial charge in [-0.3, -0.25) is 4.90 Å². The van der Waals surface area contributed by atoms with E-state index in [-0.39, 0.29) is 0 Å². The molecule has 1 N–H and O–H groups in total. The van der Waals surface area contributed by atoms with Crippen molar-refractivity contribution in [1.82, 2.24) is 15.2 Å². The molecule has 0 aliphatic carbocycles. The van der Waals surface area contributed by atoms with E-state index in [1.165, 1.54) is 49.5 Å². The van der Waals surface area contributed by atoms with E-state index in [0.717, 1.165) is 6.54 Å². The van der Waals surface area contributed by atoms with Gasteiger partial charge < -0.3 is 5.32 Å². The maximum absolute atomic E-state index is 4.34. The van der Waals surface area contributed by atoms with Crippen LogP contribution < -0.4 is 5.32 Å². The molecule has 1 aromatic rings. The predicted molar refractivity (Wildman–Crippen MR) is 73.4 cm³/mol. The van der Waals surface area contributed by atoms with Gasteiger partial charge in [0.1, 0.15) is 0 Å². The van der Waals surface area contributed by atoms with E-state index < -0.39 is 0 Å². The van der Waals surface area contributed by atoms with Gasteiger partial charge in [-0.15, -0.1) is 11.3 Å². The highest BCUT2D eigenvalue weighted by atomic mass is 32.1. The van der Waals surface area contributed by atoms with Crippen molar-refractivity contribution in [2.75, 3.05) is 19.6 Å². The topological polar surface area (TPSA) is 28.2 Å². The fourth-order valence-corrected chi connectivity index (χ4v) is 3.27. The summed E-state index contributed by atoms with van der Waals surface area (Å²) < 4.78 is 0. The summed E-state index contributed by atoms with van der Waals surface area (Å²) in [4.78, 5) is 8.34. The zero-order valence-electron chi connectivity index (χ0n) is 10.9. The van der Waals surface area contributed by atoms with Crippen LogP contribution in [-0.4, -0.2) is 35.6 Å². The number of hydrogen-bond donors (Lipinski definition) is 1. The Kier molecular flexibility index (Phi) is 4.95. The van der Waals surface area contributed by atoms with Gasteiger partial charge in [-0.25, -0.2) is 4.98 Å². The maximum atomic E-state index is 4.34. The molecule has 3 nitrogen and oxygen atoms in total. The molecule has 0 saturated carbocycles. The van der Waals surface area contributed by atoms with E-state index >= 15 is 0 Å². The van der Waals surface area contributed by atoms with Crippen molar-refractivity contribution in [3.8, 4) is 0 Å². The van der Waals surface area contributed by atoms with E-state index in [1.807, 2.05) is 5.51 Å². The van der Waals surface area contributed by atoms with Gasteiger partial charge in [-0.05, 0) is 39.3 Å². The molecule has 4 heteroatoms. The lowest BCUT2D eigenvalue weighted by Gasteiger charge is -2.24. The van der Waals surface area contributed by atoms with Crippen LogP contribution in [0.25, 0.3) is 0 Å². The minimum absolute atomic E-state index is 0.703. The first kappa shape index (κ1) is 13.0. The predicted octanol–water partition coefficient (Wildman–Crippen LogP) is 2.42. The molecule has 1 atom stereocenters. The van der Waals surface area contributed by atoms with E-state index in [2.05, 4.69) is 29.0 Å². The SMILES string of the molecule is CCCN(Cc1scnc1C)CC1CCCN1. The molecule has 1 unspecified atom stereocenters. The highest BCUT2D eigenvalue weighted by Crippen LogP contribution is 2.16. The van der Waals surface area contributed by atoms with Crippen molar-refractivity contribution < 1.29 is 0 Å². The maximum Gasteiger partial charge on any atom is 0.0798 e. The molecule has 0 radical (unpaired) electrons. The first-order valence-electron chi connectivity index (χ1n) is 6.64. The summed E-state index contributed by atoms with van der Waals surface area (Å²) in [5.74, 6) is 0. The molecule has 1 fully saturated rings. The normalized spacial score (nSPS) is 20.3. The lowest BCUT2D eigenvalue weighted by atomic mass is 10.2. The number of nitrogens with zero attached hydrogens (tertiary/aromatic N) is 2. The smallest absolute Gasteiger partial charge is 0.0798 e. The number of aryl methyl sites for hydroxylation is 1. The van der Waals surface area contributed by atoms with Gasteiger partial charge in [-0.2, -0.15) is 0 Å². The van der Waals surface area contributed by atoms with Crippen LogP contribution in [0.2, 0.25) is 0 Å². The largest absolute Gasteiger partial charge is 0.313 e. The van der Waals surface area contributed by atoms with E-state index in [1.54, 1.807) is 11.3 Å².